The predicted octanol–water partition coefficient (Wildman–Crippen LogP) is 1.50. The molecule has 0 atom stereocenters. The molecule has 80 valence electrons. The second-order valence-corrected chi connectivity index (χ2v) is 3.23. The quantitative estimate of drug-likeness (QED) is 0.674. The molecular formula is C10H18N2O2. The van der Waals surface area contributed by atoms with Gasteiger partial charge in [-0.3, -0.25) is 0 Å². The molecule has 0 unspecified atom stereocenters. The molecule has 0 bridgehead atoms. The number of nitrogens with zero attached hydrogens (tertiary/aromatic N) is 1. The molecule has 0 saturated carbocycles. The molecule has 0 radical (unpaired) electrons. The van der Waals surface area contributed by atoms with E-state index in [2.05, 4.69) is 17.4 Å². The van der Waals surface area contributed by atoms with Crippen LogP contribution in [0.1, 0.15) is 24.8 Å². The Kier molecular flexibility index (Phi) is 5.25. The Hall–Kier alpha value is -0.870. The van der Waals surface area contributed by atoms with E-state index in [1.54, 1.807) is 0 Å². The highest BCUT2D eigenvalue weighted by Crippen LogP contribution is 2.02. The molecule has 0 spiro atoms. The maximum absolute atomic E-state index is 5.39. The van der Waals surface area contributed by atoms with Gasteiger partial charge in [0.1, 0.15) is 11.5 Å². The summed E-state index contributed by atoms with van der Waals surface area (Å²) >= 11 is 0. The Morgan fingerprint density at radius 3 is 3.00 bits per heavy atom. The molecule has 1 aromatic rings. The van der Waals surface area contributed by atoms with E-state index in [0.717, 1.165) is 31.0 Å². The van der Waals surface area contributed by atoms with Gasteiger partial charge in [-0.2, -0.15) is 0 Å². The van der Waals surface area contributed by atoms with Crippen LogP contribution in [0.4, 0.5) is 0 Å². The van der Waals surface area contributed by atoms with Crippen LogP contribution in [0.2, 0.25) is 0 Å². The van der Waals surface area contributed by atoms with Gasteiger partial charge in [-0.1, -0.05) is 12.1 Å². The molecule has 4 heteroatoms. The van der Waals surface area contributed by atoms with Crippen LogP contribution in [-0.4, -0.2) is 24.9 Å². The first kappa shape index (κ1) is 11.2. The maximum atomic E-state index is 5.39. The molecule has 4 nitrogen and oxygen atoms in total. The van der Waals surface area contributed by atoms with Crippen LogP contribution >= 0.6 is 0 Å². The fourth-order valence-electron chi connectivity index (χ4n) is 1.11. The summed E-state index contributed by atoms with van der Waals surface area (Å²) in [6, 6.07) is 1.89. The summed E-state index contributed by atoms with van der Waals surface area (Å²) < 4.78 is 10.3. The van der Waals surface area contributed by atoms with Crippen molar-refractivity contribution < 1.29 is 9.26 Å². The van der Waals surface area contributed by atoms with Gasteiger partial charge in [-0.15, -0.1) is 0 Å². The predicted molar refractivity (Wildman–Crippen MR) is 54.1 cm³/mol. The topological polar surface area (TPSA) is 47.3 Å². The normalized spacial score (nSPS) is 10.7. The van der Waals surface area contributed by atoms with Crippen molar-refractivity contribution in [2.45, 2.75) is 26.9 Å². The van der Waals surface area contributed by atoms with Gasteiger partial charge >= 0.3 is 0 Å². The van der Waals surface area contributed by atoms with E-state index in [-0.39, 0.29) is 0 Å². The molecule has 0 fully saturated rings. The van der Waals surface area contributed by atoms with Gasteiger partial charge in [0.25, 0.3) is 0 Å². The number of rotatable bonds is 7. The first-order chi connectivity index (χ1) is 6.83. The zero-order valence-electron chi connectivity index (χ0n) is 8.88. The first-order valence-electron chi connectivity index (χ1n) is 5.03. The second kappa shape index (κ2) is 6.56. The van der Waals surface area contributed by atoms with Crippen molar-refractivity contribution >= 4 is 0 Å². The largest absolute Gasteiger partial charge is 0.374 e. The number of aryl methyl sites for hydroxylation is 1. The first-order valence-corrected chi connectivity index (χ1v) is 5.03. The van der Waals surface area contributed by atoms with Crippen LogP contribution < -0.4 is 5.32 Å². The highest BCUT2D eigenvalue weighted by atomic mass is 16.5. The van der Waals surface area contributed by atoms with E-state index in [1.807, 2.05) is 13.0 Å². The van der Waals surface area contributed by atoms with Crippen LogP contribution in [-0.2, 0) is 11.3 Å². The van der Waals surface area contributed by atoms with Gasteiger partial charge in [0.15, 0.2) is 0 Å². The average molecular weight is 198 g/mol. The third-order valence-electron chi connectivity index (χ3n) is 1.78. The average Bonchev–Trinajstić information content (AvgIpc) is 2.58. The molecule has 0 aliphatic carbocycles. The molecule has 0 aliphatic rings. The van der Waals surface area contributed by atoms with Gasteiger partial charge in [0.05, 0.1) is 13.2 Å². The van der Waals surface area contributed by atoms with E-state index in [9.17, 15) is 0 Å². The van der Waals surface area contributed by atoms with Crippen molar-refractivity contribution in [3.05, 3.63) is 17.5 Å². The van der Waals surface area contributed by atoms with Gasteiger partial charge in [-0.05, 0) is 19.9 Å². The lowest BCUT2D eigenvalue weighted by Crippen LogP contribution is -2.20. The van der Waals surface area contributed by atoms with E-state index >= 15 is 0 Å². The van der Waals surface area contributed by atoms with Crippen molar-refractivity contribution in [1.82, 2.24) is 10.5 Å². The van der Waals surface area contributed by atoms with Crippen molar-refractivity contribution in [2.75, 3.05) is 19.7 Å². The molecular weight excluding hydrogens is 180 g/mol. The molecule has 0 saturated heterocycles. The Balaban J connectivity index is 1.99. The summed E-state index contributed by atoms with van der Waals surface area (Å²) in [5, 5.41) is 7.09. The zero-order valence-corrected chi connectivity index (χ0v) is 8.88. The van der Waals surface area contributed by atoms with Gasteiger partial charge < -0.3 is 14.6 Å². The standard InChI is InChI=1S/C10H18N2O2/c1-3-4-11-5-6-13-8-10-7-9(2)14-12-10/h7,11H,3-6,8H2,1-2H3. The van der Waals surface area contributed by atoms with Gasteiger partial charge in [-0.25, -0.2) is 0 Å². The highest BCUT2D eigenvalue weighted by Gasteiger charge is 1.98. The zero-order chi connectivity index (χ0) is 10.2. The Labute approximate surface area is 84.6 Å². The summed E-state index contributed by atoms with van der Waals surface area (Å²) in [7, 11) is 0. The lowest BCUT2D eigenvalue weighted by molar-refractivity contribution is 0.117. The summed E-state index contributed by atoms with van der Waals surface area (Å²) in [6.45, 7) is 7.21. The second-order valence-electron chi connectivity index (χ2n) is 3.23. The van der Waals surface area contributed by atoms with E-state index in [1.165, 1.54) is 0 Å². The Morgan fingerprint density at radius 1 is 1.50 bits per heavy atom. The minimum absolute atomic E-state index is 0.533. The minimum atomic E-state index is 0.533. The highest BCUT2D eigenvalue weighted by molar-refractivity contribution is 5.01. The number of hydrogen-bond donors (Lipinski definition) is 1. The molecule has 0 aromatic carbocycles. The SMILES string of the molecule is CCCNCCOCc1cc(C)on1. The van der Waals surface area contributed by atoms with Crippen LogP contribution in [0.25, 0.3) is 0 Å². The Bertz CT molecular complexity index is 248. The van der Waals surface area contributed by atoms with E-state index < -0.39 is 0 Å². The van der Waals surface area contributed by atoms with Crippen molar-refractivity contribution in [2.24, 2.45) is 0 Å². The Morgan fingerprint density at radius 2 is 2.36 bits per heavy atom. The van der Waals surface area contributed by atoms with Crippen LogP contribution in [0.3, 0.4) is 0 Å². The lowest BCUT2D eigenvalue weighted by atomic mass is 10.4. The van der Waals surface area contributed by atoms with Gasteiger partial charge in [0, 0.05) is 12.6 Å². The fraction of sp³-hybridized carbons (Fsp3) is 0.700. The van der Waals surface area contributed by atoms with Crippen LogP contribution in [0, 0.1) is 6.92 Å². The monoisotopic (exact) mass is 198 g/mol. The van der Waals surface area contributed by atoms with Crippen LogP contribution in [0.5, 0.6) is 0 Å². The third-order valence-corrected chi connectivity index (χ3v) is 1.78. The van der Waals surface area contributed by atoms with E-state index in [0.29, 0.717) is 13.2 Å². The molecule has 1 heterocycles. The summed E-state index contributed by atoms with van der Waals surface area (Å²) in [6.07, 6.45) is 1.16. The molecule has 0 amide bonds. The molecule has 14 heavy (non-hydrogen) atoms. The summed E-state index contributed by atoms with van der Waals surface area (Å²) in [4.78, 5) is 0. The number of nitrogens with one attached hydrogen (secondary N) is 1. The van der Waals surface area contributed by atoms with Crippen molar-refractivity contribution in [1.29, 1.82) is 0 Å². The maximum Gasteiger partial charge on any atom is 0.134 e. The molecule has 1 rings (SSSR count). The fourth-order valence-corrected chi connectivity index (χ4v) is 1.11. The summed E-state index contributed by atoms with van der Waals surface area (Å²) in [5.41, 5.74) is 0.859. The smallest absolute Gasteiger partial charge is 0.134 e. The molecule has 1 aromatic heterocycles. The van der Waals surface area contributed by atoms with Crippen LogP contribution in [0.15, 0.2) is 10.6 Å². The molecule has 1 N–H and O–H groups in total. The number of aromatic nitrogens is 1. The van der Waals surface area contributed by atoms with E-state index in [4.69, 9.17) is 9.26 Å². The lowest BCUT2D eigenvalue weighted by Gasteiger charge is -2.02. The van der Waals surface area contributed by atoms with Crippen molar-refractivity contribution in [3.8, 4) is 0 Å². The number of ether oxygens (including phenoxy) is 1. The van der Waals surface area contributed by atoms with Crippen molar-refractivity contribution in [3.63, 3.8) is 0 Å². The minimum Gasteiger partial charge on any atom is -0.374 e. The van der Waals surface area contributed by atoms with Gasteiger partial charge in [0.2, 0.25) is 0 Å². The third kappa shape index (κ3) is 4.39. The number of hydrogen-bond acceptors (Lipinski definition) is 4. The molecule has 0 aliphatic heterocycles. The summed E-state index contributed by atoms with van der Waals surface area (Å²) in [5.74, 6) is 0.827.